The number of hydrogen-bond donors (Lipinski definition) is 3. The number of carboxylic acid groups (broad SMARTS) is 1. The molecule has 1 aromatic carbocycles. The lowest BCUT2D eigenvalue weighted by atomic mass is 9.96. The maximum Gasteiger partial charge on any atom is 0.314 e. The van der Waals surface area contributed by atoms with Crippen LogP contribution in [0.2, 0.25) is 0 Å². The lowest BCUT2D eigenvalue weighted by Gasteiger charge is -2.10. The first-order chi connectivity index (χ1) is 7.57. The molecule has 0 aliphatic heterocycles. The number of aliphatic carboxylic acids is 1. The van der Waals surface area contributed by atoms with Gasteiger partial charge in [0.15, 0.2) is 0 Å². The normalized spacial score (nSPS) is 11.8. The molecule has 5 heteroatoms. The van der Waals surface area contributed by atoms with Gasteiger partial charge in [-0.15, -0.1) is 0 Å². The second-order valence-electron chi connectivity index (χ2n) is 3.24. The Hall–Kier alpha value is -2.01. The third-order valence-corrected chi connectivity index (χ3v) is 2.16. The Labute approximate surface area is 92.4 Å². The van der Waals surface area contributed by atoms with Gasteiger partial charge in [0.25, 0.3) is 0 Å². The molecular weight excluding hydrogens is 208 g/mol. The Morgan fingerprint density at radius 2 is 1.88 bits per heavy atom. The molecule has 0 bridgehead atoms. The van der Waals surface area contributed by atoms with Crippen LogP contribution in [-0.4, -0.2) is 29.1 Å². The van der Waals surface area contributed by atoms with Crippen molar-refractivity contribution in [1.29, 1.82) is 5.41 Å². The summed E-state index contributed by atoms with van der Waals surface area (Å²) >= 11 is 0. The number of carbonyl (C=O) groups is 2. The highest BCUT2D eigenvalue weighted by Gasteiger charge is 2.26. The minimum atomic E-state index is -1.25. The van der Waals surface area contributed by atoms with E-state index in [1.807, 2.05) is 0 Å². The molecule has 0 radical (unpaired) electrons. The Morgan fingerprint density at radius 3 is 2.31 bits per heavy atom. The summed E-state index contributed by atoms with van der Waals surface area (Å²) in [4.78, 5) is 22.4. The van der Waals surface area contributed by atoms with Gasteiger partial charge in [-0.1, -0.05) is 30.3 Å². The molecule has 0 amide bonds. The Morgan fingerprint density at radius 1 is 1.31 bits per heavy atom. The minimum Gasteiger partial charge on any atom is -0.481 e. The number of nitrogens with two attached hydrogens (primary N) is 1. The highest BCUT2D eigenvalue weighted by molar-refractivity contribution is 6.47. The molecule has 5 nitrogen and oxygen atoms in total. The van der Waals surface area contributed by atoms with E-state index in [2.05, 4.69) is 0 Å². The predicted octanol–water partition coefficient (Wildman–Crippen LogP) is 0.549. The van der Waals surface area contributed by atoms with Crippen molar-refractivity contribution < 1.29 is 14.7 Å². The van der Waals surface area contributed by atoms with Crippen molar-refractivity contribution >= 4 is 17.5 Å². The maximum atomic E-state index is 11.7. The van der Waals surface area contributed by atoms with Crippen LogP contribution in [0, 0.1) is 11.3 Å². The largest absolute Gasteiger partial charge is 0.481 e. The summed E-state index contributed by atoms with van der Waals surface area (Å²) in [5.41, 5.74) is 5.03. The number of Topliss-reactive ketones (excluding diaryl/α,β-unsaturated/α-hetero) is 1. The van der Waals surface area contributed by atoms with Gasteiger partial charge in [0.1, 0.15) is 5.92 Å². The average molecular weight is 220 g/mol. The molecule has 0 heterocycles. The van der Waals surface area contributed by atoms with Gasteiger partial charge in [0.2, 0.25) is 5.78 Å². The summed E-state index contributed by atoms with van der Waals surface area (Å²) in [7, 11) is 0. The fourth-order valence-corrected chi connectivity index (χ4v) is 1.25. The van der Waals surface area contributed by atoms with Gasteiger partial charge in [-0.3, -0.25) is 9.59 Å². The number of carbonyl (C=O) groups excluding carboxylic acids is 1. The highest BCUT2D eigenvalue weighted by Crippen LogP contribution is 2.06. The van der Waals surface area contributed by atoms with Gasteiger partial charge in [0.05, 0.1) is 5.71 Å². The molecule has 0 aliphatic rings. The number of ketones is 1. The van der Waals surface area contributed by atoms with E-state index in [0.717, 1.165) is 0 Å². The van der Waals surface area contributed by atoms with E-state index in [1.54, 1.807) is 18.2 Å². The van der Waals surface area contributed by atoms with Gasteiger partial charge in [0, 0.05) is 12.1 Å². The molecule has 1 aromatic rings. The second-order valence-corrected chi connectivity index (χ2v) is 3.24. The summed E-state index contributed by atoms with van der Waals surface area (Å²) in [5.74, 6) is -3.09. The van der Waals surface area contributed by atoms with E-state index in [0.29, 0.717) is 5.56 Å². The molecule has 16 heavy (non-hydrogen) atoms. The Bertz CT molecular complexity index is 414. The van der Waals surface area contributed by atoms with Gasteiger partial charge in [-0.25, -0.2) is 0 Å². The first-order valence-electron chi connectivity index (χ1n) is 4.69. The quantitative estimate of drug-likeness (QED) is 0.497. The van der Waals surface area contributed by atoms with Gasteiger partial charge in [-0.2, -0.15) is 0 Å². The Kier molecular flexibility index (Phi) is 3.90. The van der Waals surface area contributed by atoms with Gasteiger partial charge in [-0.05, 0) is 0 Å². The van der Waals surface area contributed by atoms with Crippen LogP contribution >= 0.6 is 0 Å². The lowest BCUT2D eigenvalue weighted by molar-refractivity contribution is -0.139. The van der Waals surface area contributed by atoms with Crippen LogP contribution in [0.15, 0.2) is 30.3 Å². The van der Waals surface area contributed by atoms with Gasteiger partial charge >= 0.3 is 5.97 Å². The molecule has 0 fully saturated rings. The van der Waals surface area contributed by atoms with Crippen molar-refractivity contribution in [2.45, 2.75) is 0 Å². The van der Waals surface area contributed by atoms with E-state index in [9.17, 15) is 9.59 Å². The summed E-state index contributed by atoms with van der Waals surface area (Å²) < 4.78 is 0. The van der Waals surface area contributed by atoms with E-state index < -0.39 is 23.4 Å². The van der Waals surface area contributed by atoms with Gasteiger partial charge < -0.3 is 16.2 Å². The fraction of sp³-hybridized carbons (Fsp3) is 0.182. The number of carboxylic acids is 1. The van der Waals surface area contributed by atoms with Crippen LogP contribution in [-0.2, 0) is 4.79 Å². The van der Waals surface area contributed by atoms with Crippen LogP contribution in [0.25, 0.3) is 0 Å². The third-order valence-electron chi connectivity index (χ3n) is 2.16. The third kappa shape index (κ3) is 2.52. The van der Waals surface area contributed by atoms with E-state index in [1.165, 1.54) is 12.1 Å². The van der Waals surface area contributed by atoms with Crippen LogP contribution in [0.1, 0.15) is 10.4 Å². The average Bonchev–Trinajstić information content (AvgIpc) is 2.29. The van der Waals surface area contributed by atoms with E-state index >= 15 is 0 Å². The summed E-state index contributed by atoms with van der Waals surface area (Å²) in [6.07, 6.45) is 0. The first-order valence-corrected chi connectivity index (χ1v) is 4.69. The van der Waals surface area contributed by atoms with E-state index in [4.69, 9.17) is 16.2 Å². The molecule has 84 valence electrons. The number of rotatable bonds is 5. The van der Waals surface area contributed by atoms with Crippen molar-refractivity contribution in [3.63, 3.8) is 0 Å². The molecular formula is C11H12N2O3. The maximum absolute atomic E-state index is 11.7. The van der Waals surface area contributed by atoms with Crippen molar-refractivity contribution in [3.05, 3.63) is 35.9 Å². The molecule has 1 atom stereocenters. The smallest absolute Gasteiger partial charge is 0.314 e. The number of nitrogens with one attached hydrogen (secondary N) is 1. The molecule has 0 aliphatic carbocycles. The zero-order valence-electron chi connectivity index (χ0n) is 8.51. The summed E-state index contributed by atoms with van der Waals surface area (Å²) in [6, 6.07) is 8.11. The molecule has 4 N–H and O–H groups in total. The summed E-state index contributed by atoms with van der Waals surface area (Å²) in [5, 5.41) is 16.3. The second kappa shape index (κ2) is 5.18. The van der Waals surface area contributed by atoms with Crippen LogP contribution in [0.3, 0.4) is 0 Å². The zero-order valence-corrected chi connectivity index (χ0v) is 8.51. The number of benzene rings is 1. The standard InChI is InChI=1S/C11H12N2O3/c12-6-8(11(15)16)9(13)10(14)7-4-2-1-3-5-7/h1-5,8,13H,6,12H2,(H,15,16)/t8-/m1/s1. The van der Waals surface area contributed by atoms with Crippen LogP contribution < -0.4 is 5.73 Å². The van der Waals surface area contributed by atoms with Crippen LogP contribution in [0.5, 0.6) is 0 Å². The molecule has 0 saturated carbocycles. The van der Waals surface area contributed by atoms with Crippen molar-refractivity contribution in [2.75, 3.05) is 6.54 Å². The minimum absolute atomic E-state index is 0.257. The predicted molar refractivity (Wildman–Crippen MR) is 58.7 cm³/mol. The Balaban J connectivity index is 2.90. The molecule has 0 spiro atoms. The monoisotopic (exact) mass is 220 g/mol. The fourth-order valence-electron chi connectivity index (χ4n) is 1.25. The summed E-state index contributed by atoms with van der Waals surface area (Å²) in [6.45, 7) is -0.257. The van der Waals surface area contributed by atoms with Crippen molar-refractivity contribution in [1.82, 2.24) is 0 Å². The van der Waals surface area contributed by atoms with E-state index in [-0.39, 0.29) is 6.54 Å². The molecule has 0 saturated heterocycles. The molecule has 0 unspecified atom stereocenters. The molecule has 1 rings (SSSR count). The topological polar surface area (TPSA) is 104 Å². The van der Waals surface area contributed by atoms with Crippen LogP contribution in [0.4, 0.5) is 0 Å². The van der Waals surface area contributed by atoms with Crippen molar-refractivity contribution in [3.8, 4) is 0 Å². The van der Waals surface area contributed by atoms with Crippen molar-refractivity contribution in [2.24, 2.45) is 11.7 Å². The number of hydrogen-bond acceptors (Lipinski definition) is 4. The molecule has 0 aromatic heterocycles. The highest BCUT2D eigenvalue weighted by atomic mass is 16.4. The lowest BCUT2D eigenvalue weighted by Crippen LogP contribution is -2.35. The first kappa shape index (κ1) is 12.1. The SMILES string of the molecule is N=C(C(=O)c1ccccc1)[C@@H](CN)C(=O)O. The zero-order chi connectivity index (χ0) is 12.1.